The van der Waals surface area contributed by atoms with Gasteiger partial charge in [-0.15, -0.1) is 13.1 Å². The van der Waals surface area contributed by atoms with E-state index in [0.717, 1.165) is 57.1 Å². The zero-order valence-corrected chi connectivity index (χ0v) is 20.7. The third kappa shape index (κ3) is 7.95. The molecular weight excluding hydrogens is 700 g/mol. The Kier molecular flexibility index (Phi) is 12.3. The van der Waals surface area contributed by atoms with E-state index < -0.39 is 0 Å². The summed E-state index contributed by atoms with van der Waals surface area (Å²) in [5.74, 6) is 0. The third-order valence-electron chi connectivity index (χ3n) is 3.05. The fourth-order valence-corrected chi connectivity index (χ4v) is 2.18. The fraction of sp³-hybridized carbons (Fsp3) is 0.643. The van der Waals surface area contributed by atoms with E-state index in [1.807, 2.05) is 0 Å². The Morgan fingerprint density at radius 1 is 1.05 bits per heavy atom. The standard InChI is InChI=1S/C14H22N4.2U/c1-12-8-13-10-16-5-3-4-15-6-7-18(2)11-14(9-12)17-13;;/h8-9H,3-7,10-11H2,1-2H3;;/q-2;;. The van der Waals surface area contributed by atoms with Crippen LogP contribution in [-0.2, 0) is 13.1 Å². The number of likely N-dealkylation sites (N-methyl/N-ethyl adjacent to an activating group) is 1. The third-order valence-corrected chi connectivity index (χ3v) is 3.05. The molecule has 0 amide bonds. The van der Waals surface area contributed by atoms with Gasteiger partial charge >= 0.3 is 0 Å². The molecule has 2 rings (SSSR count). The molecule has 0 aromatic carbocycles. The molecule has 0 spiro atoms. The van der Waals surface area contributed by atoms with Crippen LogP contribution in [0, 0.1) is 69.2 Å². The Bertz CT molecular complexity index is 387. The van der Waals surface area contributed by atoms with Gasteiger partial charge in [-0.1, -0.05) is 6.42 Å². The largest absolute Gasteiger partial charge is 0.661 e. The second kappa shape index (κ2) is 11.7. The van der Waals surface area contributed by atoms with Gasteiger partial charge in [-0.3, -0.25) is 4.98 Å². The fourth-order valence-electron chi connectivity index (χ4n) is 2.18. The van der Waals surface area contributed by atoms with Crippen LogP contribution in [0.2, 0.25) is 0 Å². The second-order valence-corrected chi connectivity index (χ2v) is 4.99. The molecule has 2 heterocycles. The maximum atomic E-state index is 4.68. The molecule has 0 saturated carbocycles. The van der Waals surface area contributed by atoms with E-state index >= 15 is 0 Å². The van der Waals surface area contributed by atoms with Crippen molar-refractivity contribution >= 4 is 0 Å². The normalized spacial score (nSPS) is 17.7. The Balaban J connectivity index is 0.00000180. The molecule has 0 radical (unpaired) electrons. The minimum absolute atomic E-state index is 0. The smallest absolute Gasteiger partial charge is 0.0549 e. The van der Waals surface area contributed by atoms with Gasteiger partial charge in [-0.2, -0.15) is 13.1 Å². The maximum absolute atomic E-state index is 4.68. The van der Waals surface area contributed by atoms with Gasteiger partial charge in [0.15, 0.2) is 0 Å². The van der Waals surface area contributed by atoms with Gasteiger partial charge in [0.25, 0.3) is 0 Å². The zero-order chi connectivity index (χ0) is 12.8. The van der Waals surface area contributed by atoms with Crippen molar-refractivity contribution in [3.63, 3.8) is 0 Å². The summed E-state index contributed by atoms with van der Waals surface area (Å²) < 4.78 is 0. The number of aryl methyl sites for hydroxylation is 1. The number of nitrogens with zero attached hydrogens (tertiary/aromatic N) is 4. The Hall–Kier alpha value is 1.13. The predicted molar refractivity (Wildman–Crippen MR) is 74.9 cm³/mol. The SMILES string of the molecule is Cc1cc2nc(c1)CN(C)CC[N-]CCC[N-]C2.[U].[U]. The molecule has 1 aromatic rings. The van der Waals surface area contributed by atoms with Gasteiger partial charge in [-0.25, -0.2) is 0 Å². The van der Waals surface area contributed by atoms with Crippen LogP contribution in [0.5, 0.6) is 0 Å². The summed E-state index contributed by atoms with van der Waals surface area (Å²) in [5.41, 5.74) is 3.51. The van der Waals surface area contributed by atoms with E-state index in [1.54, 1.807) is 0 Å². The minimum atomic E-state index is 0. The topological polar surface area (TPSA) is 44.3 Å². The van der Waals surface area contributed by atoms with Crippen LogP contribution in [0.15, 0.2) is 12.1 Å². The first-order valence-electron chi connectivity index (χ1n) is 6.65. The molecule has 20 heavy (non-hydrogen) atoms. The average molecular weight is 722 g/mol. The summed E-state index contributed by atoms with van der Waals surface area (Å²) in [7, 11) is 2.13. The molecule has 1 aliphatic heterocycles. The Morgan fingerprint density at radius 2 is 1.75 bits per heavy atom. The Morgan fingerprint density at radius 3 is 2.55 bits per heavy atom. The van der Waals surface area contributed by atoms with Crippen molar-refractivity contribution in [3.8, 4) is 0 Å². The van der Waals surface area contributed by atoms with Crippen molar-refractivity contribution in [1.29, 1.82) is 0 Å². The van der Waals surface area contributed by atoms with Crippen LogP contribution in [0.1, 0.15) is 23.4 Å². The molecule has 0 saturated heterocycles. The summed E-state index contributed by atoms with van der Waals surface area (Å²) in [6.45, 7) is 7.49. The molecule has 1 aliphatic rings. The van der Waals surface area contributed by atoms with Crippen LogP contribution in [0.3, 0.4) is 0 Å². The van der Waals surface area contributed by atoms with Crippen molar-refractivity contribution in [3.05, 3.63) is 39.7 Å². The van der Waals surface area contributed by atoms with E-state index in [-0.39, 0.29) is 62.2 Å². The molecule has 0 N–H and O–H groups in total. The minimum Gasteiger partial charge on any atom is -0.661 e. The summed E-state index contributed by atoms with van der Waals surface area (Å²) in [6, 6.07) is 4.30. The quantitative estimate of drug-likeness (QED) is 0.414. The number of aromatic nitrogens is 1. The van der Waals surface area contributed by atoms with Gasteiger partial charge < -0.3 is 15.5 Å². The van der Waals surface area contributed by atoms with Gasteiger partial charge in [0.1, 0.15) is 0 Å². The molecular formula is C14H22N4U2-2. The van der Waals surface area contributed by atoms with Crippen LogP contribution in [0.25, 0.3) is 10.6 Å². The van der Waals surface area contributed by atoms with E-state index in [1.165, 1.54) is 5.56 Å². The molecule has 1 aromatic heterocycles. The van der Waals surface area contributed by atoms with Gasteiger partial charge in [-0.05, 0) is 38.2 Å². The van der Waals surface area contributed by atoms with Crippen LogP contribution >= 0.6 is 0 Å². The van der Waals surface area contributed by atoms with Crippen molar-refractivity contribution < 1.29 is 62.2 Å². The van der Waals surface area contributed by atoms with Gasteiger partial charge in [0.2, 0.25) is 0 Å². The van der Waals surface area contributed by atoms with Crippen LogP contribution < -0.4 is 0 Å². The molecule has 0 atom stereocenters. The number of pyridine rings is 1. The molecule has 2 bridgehead atoms. The van der Waals surface area contributed by atoms with Crippen LogP contribution in [-0.4, -0.2) is 43.1 Å². The summed E-state index contributed by atoms with van der Waals surface area (Å²) in [6.07, 6.45) is 1.06. The monoisotopic (exact) mass is 722 g/mol. The first kappa shape index (κ1) is 21.1. The van der Waals surface area contributed by atoms with E-state index in [4.69, 9.17) is 0 Å². The van der Waals surface area contributed by atoms with E-state index in [2.05, 4.69) is 46.6 Å². The molecule has 0 unspecified atom stereocenters. The zero-order valence-electron chi connectivity index (χ0n) is 12.4. The Labute approximate surface area is 170 Å². The van der Waals surface area contributed by atoms with Gasteiger partial charge in [0, 0.05) is 74.5 Å². The summed E-state index contributed by atoms with van der Waals surface area (Å²) in [4.78, 5) is 6.96. The summed E-state index contributed by atoms with van der Waals surface area (Å²) in [5, 5.41) is 9.05. The first-order valence-corrected chi connectivity index (χ1v) is 6.65. The first-order chi connectivity index (χ1) is 8.74. The van der Waals surface area contributed by atoms with Crippen molar-refractivity contribution in [1.82, 2.24) is 9.88 Å². The number of rotatable bonds is 0. The van der Waals surface area contributed by atoms with E-state index in [0.29, 0.717) is 0 Å². The molecule has 108 valence electrons. The molecule has 6 heteroatoms. The second-order valence-electron chi connectivity index (χ2n) is 4.99. The number of hydrogen-bond acceptors (Lipinski definition) is 2. The van der Waals surface area contributed by atoms with Crippen molar-refractivity contribution in [2.75, 3.05) is 33.2 Å². The van der Waals surface area contributed by atoms with E-state index in [9.17, 15) is 0 Å². The van der Waals surface area contributed by atoms with Crippen LogP contribution in [0.4, 0.5) is 0 Å². The van der Waals surface area contributed by atoms with Gasteiger partial charge in [0.05, 0.1) is 5.69 Å². The molecule has 0 fully saturated rings. The van der Waals surface area contributed by atoms with Crippen molar-refractivity contribution in [2.45, 2.75) is 26.4 Å². The van der Waals surface area contributed by atoms with Crippen molar-refractivity contribution in [2.24, 2.45) is 0 Å². The maximum Gasteiger partial charge on any atom is 0.0549 e. The number of hydrogen-bond donors (Lipinski definition) is 0. The predicted octanol–water partition coefficient (Wildman–Crippen LogP) is 2.47. The average Bonchev–Trinajstić information content (AvgIpc) is 2.32. The molecule has 4 nitrogen and oxygen atoms in total. The molecule has 0 aliphatic carbocycles. The summed E-state index contributed by atoms with van der Waals surface area (Å²) >= 11 is 0. The number of fused-ring (bicyclic) bond motifs is 2.